The highest BCUT2D eigenvalue weighted by Gasteiger charge is 2.47. The largest absolute Gasteiger partial charge is 0.497 e. The molecule has 0 aliphatic carbocycles. The molecule has 2 heterocycles. The minimum absolute atomic E-state index is 0.0215. The number of sulfonamides is 2. The van der Waals surface area contributed by atoms with Gasteiger partial charge in [-0.1, -0.05) is 52.0 Å². The van der Waals surface area contributed by atoms with Crippen LogP contribution in [0.3, 0.4) is 0 Å². The summed E-state index contributed by atoms with van der Waals surface area (Å²) in [4.78, 5) is 13.5. The van der Waals surface area contributed by atoms with Gasteiger partial charge in [0, 0.05) is 44.6 Å². The molecule has 20 heteroatoms. The number of benzene rings is 4. The summed E-state index contributed by atoms with van der Waals surface area (Å²) < 4.78 is 93.8. The number of nitrogens with zero attached hydrogens (tertiary/aromatic N) is 2. The highest BCUT2D eigenvalue weighted by molar-refractivity contribution is 7.89. The van der Waals surface area contributed by atoms with E-state index in [2.05, 4.69) is 0 Å². The van der Waals surface area contributed by atoms with Crippen molar-refractivity contribution >= 4 is 26.0 Å². The Morgan fingerprint density at radius 2 is 1.04 bits per heavy atom. The van der Waals surface area contributed by atoms with Crippen molar-refractivity contribution in [3.63, 3.8) is 0 Å². The molecule has 6 rings (SSSR count). The molecule has 0 unspecified atom stereocenters. The highest BCUT2D eigenvalue weighted by Crippen LogP contribution is 2.34. The summed E-state index contributed by atoms with van der Waals surface area (Å²) in [7, 11) is -1.57. The molecule has 0 spiro atoms. The summed E-state index contributed by atoms with van der Waals surface area (Å²) >= 11 is 0. The zero-order chi connectivity index (χ0) is 53.5. The third-order valence-electron chi connectivity index (χ3n) is 12.7. The predicted molar refractivity (Wildman–Crippen MR) is 274 cm³/mol. The molecule has 0 radical (unpaired) electrons. The van der Waals surface area contributed by atoms with Crippen LogP contribution in [-0.4, -0.2) is 151 Å². The van der Waals surface area contributed by atoms with E-state index >= 15 is 0 Å². The number of hydrogen-bond acceptors (Lipinski definition) is 16. The van der Waals surface area contributed by atoms with Gasteiger partial charge in [0.2, 0.25) is 20.0 Å². The number of carbonyl (C=O) groups is 1. The SMILES string of the molecule is COc1ccc(C[C@H](CC(=O)O[C@H]2CCO[C@H]3OC[C@H](O)[C@H]32)[C@H](O)CN(CC(C)C)S(=O)(=O)c2ccc(OC)cc2)cc1.COc1ccc(C[C@H](N)[C@H](O)CN(CC(C)C)S(=O)(=O)c2ccc(OC)cc2)cc1. The number of aliphatic hydroxyl groups excluding tert-OH is 3. The number of rotatable bonds is 25. The number of nitrogens with two attached hydrogens (primary N) is 1. The molecule has 0 aromatic heterocycles. The lowest BCUT2D eigenvalue weighted by molar-refractivity contribution is -0.199. The number of esters is 1. The van der Waals surface area contributed by atoms with E-state index in [1.54, 1.807) is 50.6 Å². The highest BCUT2D eigenvalue weighted by atomic mass is 32.2. The molecule has 2 aliphatic rings. The van der Waals surface area contributed by atoms with E-state index in [0.29, 0.717) is 43.1 Å². The van der Waals surface area contributed by atoms with Crippen LogP contribution >= 0.6 is 0 Å². The fourth-order valence-corrected chi connectivity index (χ4v) is 11.9. The molecule has 0 amide bonds. The van der Waals surface area contributed by atoms with E-state index < -0.39 is 74.6 Å². The van der Waals surface area contributed by atoms with Crippen LogP contribution in [-0.2, 0) is 51.9 Å². The Hall–Kier alpha value is -4.87. The quantitative estimate of drug-likeness (QED) is 0.0645. The van der Waals surface area contributed by atoms with Gasteiger partial charge in [-0.3, -0.25) is 4.79 Å². The Labute approximate surface area is 431 Å². The zero-order valence-electron chi connectivity index (χ0n) is 43.1. The molecule has 0 bridgehead atoms. The fraction of sp³-hybridized carbons (Fsp3) is 0.528. The van der Waals surface area contributed by atoms with E-state index in [4.69, 9.17) is 38.9 Å². The number of ether oxygens (including phenoxy) is 7. The van der Waals surface area contributed by atoms with Crippen LogP contribution in [0.2, 0.25) is 0 Å². The minimum atomic E-state index is -3.97. The summed E-state index contributed by atoms with van der Waals surface area (Å²) in [5, 5.41) is 32.6. The first-order chi connectivity index (χ1) is 34.7. The van der Waals surface area contributed by atoms with Crippen molar-refractivity contribution in [3.8, 4) is 23.0 Å². The lowest BCUT2D eigenvalue weighted by Crippen LogP contribution is -2.47. The monoisotopic (exact) mass is 1060 g/mol. The molecule has 404 valence electrons. The first kappa shape index (κ1) is 59.0. The van der Waals surface area contributed by atoms with Crippen LogP contribution in [0, 0.1) is 23.7 Å². The first-order valence-corrected chi connectivity index (χ1v) is 27.3. The number of methoxy groups -OCH3 is 4. The molecule has 73 heavy (non-hydrogen) atoms. The Bertz CT molecular complexity index is 2510. The van der Waals surface area contributed by atoms with Crippen LogP contribution in [0.1, 0.15) is 51.7 Å². The Morgan fingerprint density at radius 3 is 1.47 bits per heavy atom. The molecular formula is C53H75N3O15S2. The van der Waals surface area contributed by atoms with Gasteiger partial charge in [-0.25, -0.2) is 16.8 Å². The number of aliphatic hydroxyl groups is 3. The maximum Gasteiger partial charge on any atom is 0.306 e. The lowest BCUT2D eigenvalue weighted by atomic mass is 9.90. The van der Waals surface area contributed by atoms with Crippen molar-refractivity contribution in [2.24, 2.45) is 29.4 Å². The van der Waals surface area contributed by atoms with Crippen molar-refractivity contribution in [3.05, 3.63) is 108 Å². The van der Waals surface area contributed by atoms with Gasteiger partial charge in [-0.15, -0.1) is 0 Å². The zero-order valence-corrected chi connectivity index (χ0v) is 44.7. The van der Waals surface area contributed by atoms with E-state index in [1.165, 1.54) is 47.1 Å². The van der Waals surface area contributed by atoms with Gasteiger partial charge in [0.1, 0.15) is 29.1 Å². The van der Waals surface area contributed by atoms with Gasteiger partial charge < -0.3 is 54.2 Å². The van der Waals surface area contributed by atoms with Crippen molar-refractivity contribution < 1.29 is 70.1 Å². The predicted octanol–water partition coefficient (Wildman–Crippen LogP) is 4.91. The number of carbonyl (C=O) groups excluding carboxylic acids is 1. The van der Waals surface area contributed by atoms with Crippen LogP contribution in [0.5, 0.6) is 23.0 Å². The van der Waals surface area contributed by atoms with Crippen LogP contribution < -0.4 is 24.7 Å². The summed E-state index contributed by atoms with van der Waals surface area (Å²) in [5.41, 5.74) is 7.98. The third kappa shape index (κ3) is 16.8. The van der Waals surface area contributed by atoms with Gasteiger partial charge in [-0.2, -0.15) is 8.61 Å². The molecule has 0 saturated carbocycles. The summed E-state index contributed by atoms with van der Waals surface area (Å²) in [5.74, 6) is 0.874. The molecule has 2 fully saturated rings. The maximum atomic E-state index is 13.7. The summed E-state index contributed by atoms with van der Waals surface area (Å²) in [6.45, 7) is 8.26. The van der Waals surface area contributed by atoms with Gasteiger partial charge in [0.05, 0.1) is 82.1 Å². The first-order valence-electron chi connectivity index (χ1n) is 24.5. The Balaban J connectivity index is 0.000000289. The second-order valence-corrected chi connectivity index (χ2v) is 23.1. The van der Waals surface area contributed by atoms with E-state index in [1.807, 2.05) is 64.1 Å². The van der Waals surface area contributed by atoms with Gasteiger partial charge in [-0.05, 0) is 109 Å². The molecule has 5 N–H and O–H groups in total. The van der Waals surface area contributed by atoms with Gasteiger partial charge in [0.15, 0.2) is 6.29 Å². The lowest BCUT2D eigenvalue weighted by Gasteiger charge is -2.34. The molecular weight excluding hydrogens is 983 g/mol. The number of hydrogen-bond donors (Lipinski definition) is 4. The Morgan fingerprint density at radius 1 is 0.630 bits per heavy atom. The minimum Gasteiger partial charge on any atom is -0.497 e. The molecule has 2 saturated heterocycles. The fourth-order valence-electron chi connectivity index (χ4n) is 8.67. The normalized spacial score (nSPS) is 19.6. The molecule has 18 nitrogen and oxygen atoms in total. The van der Waals surface area contributed by atoms with Gasteiger partial charge >= 0.3 is 5.97 Å². The third-order valence-corrected chi connectivity index (χ3v) is 16.3. The molecule has 8 atom stereocenters. The van der Waals surface area contributed by atoms with E-state index in [9.17, 15) is 36.9 Å². The van der Waals surface area contributed by atoms with Crippen molar-refractivity contribution in [1.29, 1.82) is 0 Å². The van der Waals surface area contributed by atoms with Gasteiger partial charge in [0.25, 0.3) is 0 Å². The second-order valence-electron chi connectivity index (χ2n) is 19.2. The molecule has 4 aromatic carbocycles. The second kappa shape index (κ2) is 27.6. The van der Waals surface area contributed by atoms with Crippen LogP contribution in [0.4, 0.5) is 0 Å². The molecule has 4 aromatic rings. The van der Waals surface area contributed by atoms with Crippen LogP contribution in [0.25, 0.3) is 0 Å². The number of fused-ring (bicyclic) bond motifs is 1. The van der Waals surface area contributed by atoms with E-state index in [-0.39, 0.29) is 60.8 Å². The van der Waals surface area contributed by atoms with Crippen molar-refractivity contribution in [2.45, 2.75) is 99.9 Å². The summed E-state index contributed by atoms with van der Waals surface area (Å²) in [6, 6.07) is 26.4. The van der Waals surface area contributed by atoms with Crippen molar-refractivity contribution in [2.75, 3.05) is 67.8 Å². The average Bonchev–Trinajstić information content (AvgIpc) is 3.76. The van der Waals surface area contributed by atoms with Crippen molar-refractivity contribution in [1.82, 2.24) is 8.61 Å². The average molecular weight is 1060 g/mol. The standard InChI is InChI=1S/C31H43NO10S.C22H32N2O5S/c1-20(2)17-32(43(36,37)25-11-9-24(39-4)10-12-25)18-26(33)22(15-21-5-7-23(38-3)8-6-21)16-29(35)42-28-13-14-40-31-30(28)27(34)19-41-31;1-16(2)14-24(30(26,27)20-11-9-19(29-4)10-12-20)15-22(25)21(23)13-17-5-7-18(28-3)8-6-17/h5-12,20,22,26-28,30-31,33-34H,13-19H2,1-4H3;5-12,16,21-22,25H,13-15,23H2,1-4H3/t22-,26-,27+,28+,30+,31+;21-,22+/m10/s1. The Kier molecular flexibility index (Phi) is 22.3. The summed E-state index contributed by atoms with van der Waals surface area (Å²) in [6.07, 6.45) is -3.25. The topological polar surface area (TPSA) is 243 Å². The maximum absolute atomic E-state index is 13.7. The smallest absolute Gasteiger partial charge is 0.306 e. The van der Waals surface area contributed by atoms with E-state index in [0.717, 1.165) is 16.9 Å². The molecule has 2 aliphatic heterocycles. The van der Waals surface area contributed by atoms with Crippen LogP contribution in [0.15, 0.2) is 107 Å².